The monoisotopic (exact) mass is 259 g/mol. The summed E-state index contributed by atoms with van der Waals surface area (Å²) in [7, 11) is 0. The molecule has 0 aliphatic carbocycles. The summed E-state index contributed by atoms with van der Waals surface area (Å²) >= 11 is 0. The topological polar surface area (TPSA) is 56.1 Å². The van der Waals surface area contributed by atoms with Crippen molar-refractivity contribution in [3.8, 4) is 11.6 Å². The summed E-state index contributed by atoms with van der Waals surface area (Å²) in [5, 5.41) is 7.09. The lowest BCUT2D eigenvalue weighted by atomic mass is 10.3. The molecule has 0 spiro atoms. The largest absolute Gasteiger partial charge is 0.476 e. The van der Waals surface area contributed by atoms with Crippen LogP contribution in [0.3, 0.4) is 0 Å². The fourth-order valence-electron chi connectivity index (χ4n) is 1.79. The van der Waals surface area contributed by atoms with Crippen LogP contribution in [0.1, 0.15) is 18.9 Å². The Morgan fingerprint density at radius 1 is 1.37 bits per heavy atom. The number of anilines is 1. The van der Waals surface area contributed by atoms with Crippen molar-refractivity contribution in [1.82, 2.24) is 9.78 Å². The summed E-state index contributed by atoms with van der Waals surface area (Å²) in [6.07, 6.45) is 1.56. The smallest absolute Gasteiger partial charge is 0.238 e. The highest BCUT2D eigenvalue weighted by molar-refractivity contribution is 5.73. The normalized spacial score (nSPS) is 10.2. The molecule has 0 saturated heterocycles. The third kappa shape index (κ3) is 2.76. The second-order valence-corrected chi connectivity index (χ2v) is 4.14. The molecule has 0 saturated carbocycles. The van der Waals surface area contributed by atoms with Crippen LogP contribution in [0.2, 0.25) is 0 Å². The summed E-state index contributed by atoms with van der Waals surface area (Å²) in [5.74, 6) is 1.18. The van der Waals surface area contributed by atoms with E-state index in [2.05, 4.69) is 10.4 Å². The maximum Gasteiger partial charge on any atom is 0.238 e. The van der Waals surface area contributed by atoms with Gasteiger partial charge in [-0.3, -0.25) is 4.79 Å². The molecule has 0 aliphatic rings. The van der Waals surface area contributed by atoms with Gasteiger partial charge in [-0.15, -0.1) is 5.10 Å². The number of nitrogens with one attached hydrogen (secondary N) is 1. The Balaban J connectivity index is 2.44. The van der Waals surface area contributed by atoms with E-state index in [0.717, 1.165) is 17.7 Å². The molecule has 0 atom stereocenters. The first-order valence-electron chi connectivity index (χ1n) is 6.26. The van der Waals surface area contributed by atoms with Crippen molar-refractivity contribution >= 4 is 12.2 Å². The van der Waals surface area contributed by atoms with Gasteiger partial charge in [-0.05, 0) is 25.5 Å². The zero-order valence-electron chi connectivity index (χ0n) is 11.1. The van der Waals surface area contributed by atoms with Crippen LogP contribution in [-0.4, -0.2) is 22.8 Å². The minimum atomic E-state index is 0.551. The lowest BCUT2D eigenvalue weighted by Gasteiger charge is -2.05. The highest BCUT2D eigenvalue weighted by atomic mass is 16.5. The Morgan fingerprint density at radius 3 is 2.74 bits per heavy atom. The quantitative estimate of drug-likeness (QED) is 0.811. The first-order chi connectivity index (χ1) is 9.27. The van der Waals surface area contributed by atoms with Crippen molar-refractivity contribution in [3.05, 3.63) is 35.9 Å². The molecule has 0 radical (unpaired) electrons. The van der Waals surface area contributed by atoms with Crippen LogP contribution in [0.15, 0.2) is 30.3 Å². The minimum absolute atomic E-state index is 0.551. The van der Waals surface area contributed by atoms with E-state index >= 15 is 0 Å². The zero-order chi connectivity index (χ0) is 13.7. The summed E-state index contributed by atoms with van der Waals surface area (Å²) in [6.45, 7) is 4.52. The Labute approximate surface area is 112 Å². The molecule has 2 aromatic rings. The summed E-state index contributed by atoms with van der Waals surface area (Å²) in [6, 6.07) is 9.62. The second kappa shape index (κ2) is 6.04. The highest BCUT2D eigenvalue weighted by Gasteiger charge is 2.16. The highest BCUT2D eigenvalue weighted by Crippen LogP contribution is 2.27. The van der Waals surface area contributed by atoms with E-state index in [4.69, 9.17) is 4.74 Å². The van der Waals surface area contributed by atoms with Crippen LogP contribution in [0, 0.1) is 6.92 Å². The van der Waals surface area contributed by atoms with Gasteiger partial charge in [-0.1, -0.05) is 25.1 Å². The van der Waals surface area contributed by atoms with Gasteiger partial charge in [0, 0.05) is 0 Å². The molecule has 5 heteroatoms. The lowest BCUT2D eigenvalue weighted by Crippen LogP contribution is -2.05. The third-order valence-electron chi connectivity index (χ3n) is 2.72. The molecule has 0 unspecified atom stereocenters. The van der Waals surface area contributed by atoms with Crippen molar-refractivity contribution < 1.29 is 9.53 Å². The zero-order valence-corrected chi connectivity index (χ0v) is 11.1. The van der Waals surface area contributed by atoms with Gasteiger partial charge < -0.3 is 10.1 Å². The molecule has 0 bridgehead atoms. The maximum atomic E-state index is 10.7. The molecule has 1 amide bonds. The van der Waals surface area contributed by atoms with E-state index in [0.29, 0.717) is 24.7 Å². The Morgan fingerprint density at radius 2 is 2.11 bits per heavy atom. The molecular formula is C14H17N3O2. The van der Waals surface area contributed by atoms with E-state index in [1.54, 1.807) is 4.68 Å². The van der Waals surface area contributed by atoms with Crippen molar-refractivity contribution in [1.29, 1.82) is 0 Å². The van der Waals surface area contributed by atoms with Crippen molar-refractivity contribution in [2.45, 2.75) is 20.3 Å². The van der Waals surface area contributed by atoms with Gasteiger partial charge in [-0.25, -0.2) is 4.68 Å². The molecule has 0 fully saturated rings. The van der Waals surface area contributed by atoms with Crippen molar-refractivity contribution in [2.24, 2.45) is 0 Å². The Kier molecular flexibility index (Phi) is 4.18. The van der Waals surface area contributed by atoms with Gasteiger partial charge in [0.15, 0.2) is 0 Å². The fraction of sp³-hybridized carbons (Fsp3) is 0.286. The molecule has 1 N–H and O–H groups in total. The Bertz CT molecular complexity index is 549. The number of carbonyl (C=O) groups is 1. The van der Waals surface area contributed by atoms with Crippen molar-refractivity contribution in [2.75, 3.05) is 11.9 Å². The number of hydrogen-bond donors (Lipinski definition) is 1. The van der Waals surface area contributed by atoms with Crippen molar-refractivity contribution in [3.63, 3.8) is 0 Å². The summed E-state index contributed by atoms with van der Waals surface area (Å²) in [4.78, 5) is 10.7. The van der Waals surface area contributed by atoms with Gasteiger partial charge in [0.2, 0.25) is 12.3 Å². The average molecular weight is 259 g/mol. The number of aromatic nitrogens is 2. The molecule has 5 nitrogen and oxygen atoms in total. The predicted octanol–water partition coefficient (Wildman–Crippen LogP) is 2.54. The number of carbonyl (C=O) groups excluding carboxylic acids is 1. The van der Waals surface area contributed by atoms with Gasteiger partial charge >= 0.3 is 0 Å². The van der Waals surface area contributed by atoms with E-state index in [1.165, 1.54) is 0 Å². The standard InChI is InChI=1S/C14H17N3O2/c1-3-9-19-14-11(2)13(15-10-18)17(16-14)12-7-5-4-6-8-12/h4-8,10H,3,9H2,1-2H3,(H,15,18). The van der Waals surface area contributed by atoms with Gasteiger partial charge in [0.25, 0.3) is 0 Å². The molecule has 100 valence electrons. The number of rotatable bonds is 6. The number of nitrogens with zero attached hydrogens (tertiary/aromatic N) is 2. The van der Waals surface area contributed by atoms with Gasteiger partial charge in [0.1, 0.15) is 5.82 Å². The van der Waals surface area contributed by atoms with E-state index in [1.807, 2.05) is 44.2 Å². The van der Waals surface area contributed by atoms with Crippen LogP contribution in [-0.2, 0) is 4.79 Å². The lowest BCUT2D eigenvalue weighted by molar-refractivity contribution is -0.105. The molecule has 0 aliphatic heterocycles. The van der Waals surface area contributed by atoms with Crippen LogP contribution in [0.4, 0.5) is 5.82 Å². The molecule has 1 aromatic heterocycles. The Hall–Kier alpha value is -2.30. The second-order valence-electron chi connectivity index (χ2n) is 4.14. The third-order valence-corrected chi connectivity index (χ3v) is 2.72. The first kappa shape index (κ1) is 13.1. The maximum absolute atomic E-state index is 10.7. The average Bonchev–Trinajstić information content (AvgIpc) is 2.75. The molecular weight excluding hydrogens is 242 g/mol. The summed E-state index contributed by atoms with van der Waals surface area (Å²) < 4.78 is 7.26. The predicted molar refractivity (Wildman–Crippen MR) is 73.8 cm³/mol. The summed E-state index contributed by atoms with van der Waals surface area (Å²) in [5.41, 5.74) is 1.70. The SMILES string of the molecule is CCCOc1nn(-c2ccccc2)c(NC=O)c1C. The van der Waals surface area contributed by atoms with Gasteiger partial charge in [0.05, 0.1) is 17.9 Å². The number of para-hydroxylation sites is 1. The van der Waals surface area contributed by atoms with Gasteiger partial charge in [-0.2, -0.15) is 0 Å². The number of hydrogen-bond acceptors (Lipinski definition) is 3. The van der Waals surface area contributed by atoms with Crippen LogP contribution < -0.4 is 10.1 Å². The van der Waals surface area contributed by atoms with Crippen LogP contribution >= 0.6 is 0 Å². The molecule has 1 heterocycles. The van der Waals surface area contributed by atoms with E-state index < -0.39 is 0 Å². The minimum Gasteiger partial charge on any atom is -0.476 e. The van der Waals surface area contributed by atoms with Crippen LogP contribution in [0.25, 0.3) is 5.69 Å². The van der Waals surface area contributed by atoms with E-state index in [9.17, 15) is 4.79 Å². The van der Waals surface area contributed by atoms with Crippen LogP contribution in [0.5, 0.6) is 5.88 Å². The number of amides is 1. The first-order valence-corrected chi connectivity index (χ1v) is 6.26. The number of benzene rings is 1. The number of ether oxygens (including phenoxy) is 1. The molecule has 2 rings (SSSR count). The molecule has 19 heavy (non-hydrogen) atoms. The fourth-order valence-corrected chi connectivity index (χ4v) is 1.79. The van der Waals surface area contributed by atoms with E-state index in [-0.39, 0.29) is 0 Å². The molecule has 1 aromatic carbocycles.